The maximum Gasteiger partial charge on any atom is 0.309 e. The second-order valence-electron chi connectivity index (χ2n) is 5.37. The molecule has 1 atom stereocenters. The molecule has 0 radical (unpaired) electrons. The van der Waals surface area contributed by atoms with E-state index in [1.807, 2.05) is 0 Å². The van der Waals surface area contributed by atoms with Gasteiger partial charge in [-0.1, -0.05) is 19.8 Å². The number of hydrogen-bond acceptors (Lipinski definition) is 2. The molecule has 1 aliphatic rings. The molecule has 0 spiro atoms. The molecule has 1 unspecified atom stereocenters. The lowest BCUT2D eigenvalue weighted by atomic mass is 9.67. The molecule has 94 valence electrons. The third-order valence-electron chi connectivity index (χ3n) is 3.90. The SMILES string of the molecule is CCCC1CCC(CC(C)O)(C(=O)O)CC1. The van der Waals surface area contributed by atoms with E-state index in [0.717, 1.165) is 25.7 Å². The summed E-state index contributed by atoms with van der Waals surface area (Å²) in [5, 5.41) is 18.8. The van der Waals surface area contributed by atoms with E-state index in [1.54, 1.807) is 6.92 Å². The lowest BCUT2D eigenvalue weighted by Crippen LogP contribution is -2.38. The number of carbonyl (C=O) groups is 1. The van der Waals surface area contributed by atoms with Gasteiger partial charge in [-0.15, -0.1) is 0 Å². The van der Waals surface area contributed by atoms with Crippen molar-refractivity contribution < 1.29 is 15.0 Å². The van der Waals surface area contributed by atoms with Crippen molar-refractivity contribution in [1.82, 2.24) is 0 Å². The Bertz CT molecular complexity index is 227. The first-order valence-corrected chi connectivity index (χ1v) is 6.41. The largest absolute Gasteiger partial charge is 0.481 e. The minimum absolute atomic E-state index is 0.404. The van der Waals surface area contributed by atoms with Crippen LogP contribution in [0.2, 0.25) is 0 Å². The molecule has 16 heavy (non-hydrogen) atoms. The van der Waals surface area contributed by atoms with Crippen LogP contribution in [0.4, 0.5) is 0 Å². The van der Waals surface area contributed by atoms with E-state index >= 15 is 0 Å². The number of carboxylic acid groups (broad SMARTS) is 1. The number of hydrogen-bond donors (Lipinski definition) is 2. The number of aliphatic hydroxyl groups is 1. The van der Waals surface area contributed by atoms with Crippen LogP contribution in [0.15, 0.2) is 0 Å². The molecule has 3 nitrogen and oxygen atoms in total. The van der Waals surface area contributed by atoms with Crippen molar-refractivity contribution in [2.75, 3.05) is 0 Å². The van der Waals surface area contributed by atoms with Crippen LogP contribution in [0.1, 0.15) is 58.8 Å². The lowest BCUT2D eigenvalue weighted by Gasteiger charge is -2.37. The summed E-state index contributed by atoms with van der Waals surface area (Å²) in [7, 11) is 0. The topological polar surface area (TPSA) is 57.5 Å². The summed E-state index contributed by atoms with van der Waals surface area (Å²) in [5.41, 5.74) is -0.654. The van der Waals surface area contributed by atoms with Gasteiger partial charge >= 0.3 is 5.97 Å². The highest BCUT2D eigenvalue weighted by atomic mass is 16.4. The first-order chi connectivity index (χ1) is 7.50. The van der Waals surface area contributed by atoms with Crippen molar-refractivity contribution in [3.8, 4) is 0 Å². The fraction of sp³-hybridized carbons (Fsp3) is 0.923. The second-order valence-corrected chi connectivity index (χ2v) is 5.37. The minimum atomic E-state index is -0.719. The van der Waals surface area contributed by atoms with Crippen LogP contribution in [0.25, 0.3) is 0 Å². The molecule has 1 saturated carbocycles. The van der Waals surface area contributed by atoms with Gasteiger partial charge in [0, 0.05) is 0 Å². The van der Waals surface area contributed by atoms with Gasteiger partial charge in [0.1, 0.15) is 0 Å². The van der Waals surface area contributed by atoms with Crippen LogP contribution in [0.5, 0.6) is 0 Å². The van der Waals surface area contributed by atoms with Crippen LogP contribution in [-0.4, -0.2) is 22.3 Å². The minimum Gasteiger partial charge on any atom is -0.481 e. The highest BCUT2D eigenvalue weighted by Crippen LogP contribution is 2.43. The average Bonchev–Trinajstić information content (AvgIpc) is 2.20. The first kappa shape index (κ1) is 13.5. The maximum atomic E-state index is 11.4. The molecular formula is C13H24O3. The summed E-state index contributed by atoms with van der Waals surface area (Å²) >= 11 is 0. The fourth-order valence-electron chi connectivity index (χ4n) is 3.00. The number of carboxylic acids is 1. The summed E-state index contributed by atoms with van der Waals surface area (Å²) in [6, 6.07) is 0. The molecule has 3 heteroatoms. The quantitative estimate of drug-likeness (QED) is 0.760. The molecule has 0 amide bonds. The summed E-state index contributed by atoms with van der Waals surface area (Å²) in [5.74, 6) is -0.0187. The van der Waals surface area contributed by atoms with Crippen molar-refractivity contribution in [2.45, 2.75) is 64.9 Å². The van der Waals surface area contributed by atoms with E-state index in [9.17, 15) is 15.0 Å². The Morgan fingerprint density at radius 2 is 2.00 bits per heavy atom. The van der Waals surface area contributed by atoms with Gasteiger partial charge in [0.15, 0.2) is 0 Å². The molecule has 0 aromatic carbocycles. The van der Waals surface area contributed by atoms with Gasteiger partial charge in [0.05, 0.1) is 11.5 Å². The Morgan fingerprint density at radius 1 is 1.44 bits per heavy atom. The Kier molecular flexibility index (Phi) is 4.78. The van der Waals surface area contributed by atoms with E-state index in [-0.39, 0.29) is 0 Å². The van der Waals surface area contributed by atoms with Crippen molar-refractivity contribution >= 4 is 5.97 Å². The molecule has 0 bridgehead atoms. The van der Waals surface area contributed by atoms with Crippen molar-refractivity contribution in [1.29, 1.82) is 0 Å². The van der Waals surface area contributed by atoms with E-state index < -0.39 is 17.5 Å². The molecule has 0 aromatic rings. The maximum absolute atomic E-state index is 11.4. The summed E-state index contributed by atoms with van der Waals surface area (Å²) < 4.78 is 0. The van der Waals surface area contributed by atoms with Gasteiger partial charge in [-0.2, -0.15) is 0 Å². The van der Waals surface area contributed by atoms with Gasteiger partial charge in [-0.05, 0) is 44.9 Å². The van der Waals surface area contributed by atoms with Gasteiger partial charge < -0.3 is 10.2 Å². The smallest absolute Gasteiger partial charge is 0.309 e. The van der Waals surface area contributed by atoms with E-state index in [0.29, 0.717) is 12.3 Å². The molecule has 1 fully saturated rings. The van der Waals surface area contributed by atoms with Gasteiger partial charge in [-0.25, -0.2) is 0 Å². The van der Waals surface area contributed by atoms with Crippen LogP contribution in [-0.2, 0) is 4.79 Å². The van der Waals surface area contributed by atoms with E-state index in [1.165, 1.54) is 12.8 Å². The molecule has 2 N–H and O–H groups in total. The van der Waals surface area contributed by atoms with Crippen molar-refractivity contribution in [3.63, 3.8) is 0 Å². The zero-order valence-electron chi connectivity index (χ0n) is 10.4. The van der Waals surface area contributed by atoms with Gasteiger partial charge in [0.2, 0.25) is 0 Å². The van der Waals surface area contributed by atoms with Crippen LogP contribution in [0.3, 0.4) is 0 Å². The first-order valence-electron chi connectivity index (χ1n) is 6.41. The highest BCUT2D eigenvalue weighted by molar-refractivity contribution is 5.74. The number of aliphatic carboxylic acids is 1. The molecule has 0 heterocycles. The molecular weight excluding hydrogens is 204 g/mol. The Labute approximate surface area is 97.9 Å². The zero-order chi connectivity index (χ0) is 12.2. The Hall–Kier alpha value is -0.570. The predicted molar refractivity (Wildman–Crippen MR) is 63.2 cm³/mol. The molecule has 0 aliphatic heterocycles. The predicted octanol–water partition coefficient (Wildman–Crippen LogP) is 2.82. The highest BCUT2D eigenvalue weighted by Gasteiger charge is 2.42. The molecule has 0 aromatic heterocycles. The molecule has 0 saturated heterocycles. The third kappa shape index (κ3) is 3.21. The van der Waals surface area contributed by atoms with Gasteiger partial charge in [-0.3, -0.25) is 4.79 Å². The van der Waals surface area contributed by atoms with E-state index in [2.05, 4.69) is 6.92 Å². The van der Waals surface area contributed by atoms with Crippen LogP contribution in [0, 0.1) is 11.3 Å². The Morgan fingerprint density at radius 3 is 2.38 bits per heavy atom. The van der Waals surface area contributed by atoms with Crippen LogP contribution < -0.4 is 0 Å². The molecule has 1 rings (SSSR count). The van der Waals surface area contributed by atoms with E-state index in [4.69, 9.17) is 0 Å². The molecule has 1 aliphatic carbocycles. The normalized spacial score (nSPS) is 32.3. The fourth-order valence-corrected chi connectivity index (χ4v) is 3.00. The summed E-state index contributed by atoms with van der Waals surface area (Å²) in [4.78, 5) is 11.4. The monoisotopic (exact) mass is 228 g/mol. The van der Waals surface area contributed by atoms with Crippen LogP contribution >= 0.6 is 0 Å². The average molecular weight is 228 g/mol. The van der Waals surface area contributed by atoms with Crippen molar-refractivity contribution in [3.05, 3.63) is 0 Å². The third-order valence-corrected chi connectivity index (χ3v) is 3.90. The lowest BCUT2D eigenvalue weighted by molar-refractivity contribution is -0.154. The summed E-state index contributed by atoms with van der Waals surface area (Å²) in [6.45, 7) is 3.86. The second kappa shape index (κ2) is 5.67. The number of aliphatic hydroxyl groups excluding tert-OH is 1. The zero-order valence-corrected chi connectivity index (χ0v) is 10.4. The Balaban J connectivity index is 2.59. The van der Waals surface area contributed by atoms with Gasteiger partial charge in [0.25, 0.3) is 0 Å². The number of rotatable bonds is 5. The van der Waals surface area contributed by atoms with Crippen molar-refractivity contribution in [2.24, 2.45) is 11.3 Å². The summed E-state index contributed by atoms with van der Waals surface area (Å²) in [6.07, 6.45) is 5.77. The standard InChI is InChI=1S/C13H24O3/c1-3-4-11-5-7-13(8-6-11,12(15)16)9-10(2)14/h10-11,14H,3-9H2,1-2H3,(H,15,16).